The molecule has 1 heterocycles. The smallest absolute Gasteiger partial charge is 0.309 e. The van der Waals surface area contributed by atoms with Crippen LogP contribution in [0.25, 0.3) is 0 Å². The van der Waals surface area contributed by atoms with Crippen LogP contribution in [-0.2, 0) is 23.9 Å². The molecule has 0 radical (unpaired) electrons. The van der Waals surface area contributed by atoms with E-state index in [1.807, 2.05) is 6.08 Å². The Morgan fingerprint density at radius 3 is 2.65 bits per heavy atom. The SMILES string of the molecule is COC(=O)[C@@H]1CC2=CC(=O)[C@@H]3C[C@@H]3C2(C)C2CCC3(C)C(C21)[C@H]1C[C@H]1C31CCC(=O)O1. The Bertz CT molecular complexity index is 967. The number of allylic oxidation sites excluding steroid dienone is 1. The topological polar surface area (TPSA) is 69.7 Å². The van der Waals surface area contributed by atoms with Crippen LogP contribution in [0, 0.1) is 58.2 Å². The Morgan fingerprint density at radius 1 is 1.13 bits per heavy atom. The van der Waals surface area contributed by atoms with Gasteiger partial charge in [-0.15, -0.1) is 0 Å². The Kier molecular flexibility index (Phi) is 3.32. The van der Waals surface area contributed by atoms with Crippen molar-refractivity contribution in [1.29, 1.82) is 0 Å². The minimum Gasteiger partial charge on any atom is -0.469 e. The summed E-state index contributed by atoms with van der Waals surface area (Å²) in [5, 5.41) is 0. The molecule has 6 fully saturated rings. The molecule has 0 aromatic rings. The van der Waals surface area contributed by atoms with E-state index in [0.29, 0.717) is 42.4 Å². The first-order chi connectivity index (χ1) is 14.8. The summed E-state index contributed by atoms with van der Waals surface area (Å²) in [7, 11) is 1.50. The van der Waals surface area contributed by atoms with E-state index in [1.54, 1.807) is 0 Å². The molecular weight excluding hydrogens is 392 g/mol. The molecule has 7 rings (SSSR count). The minimum atomic E-state index is -0.313. The molecule has 6 unspecified atom stereocenters. The third-order valence-corrected chi connectivity index (χ3v) is 11.6. The van der Waals surface area contributed by atoms with Gasteiger partial charge >= 0.3 is 11.9 Å². The number of esters is 2. The third-order valence-electron chi connectivity index (χ3n) is 11.6. The standard InChI is InChI=1S/C26H32O5/c1-24-6-4-16-21(22(24)14-11-18(14)26(24)7-5-20(28)31-26)15(23(29)30-3)8-12-9-19(27)13-10-17(13)25(12,16)2/h9,13-18,21-22H,4-8,10-11H2,1-3H3/t13-,14+,15-,16?,17+,18-,21?,22?,24?,25?,26?/m1/s1. The summed E-state index contributed by atoms with van der Waals surface area (Å²) in [6, 6.07) is 0. The molecule has 31 heavy (non-hydrogen) atoms. The highest BCUT2D eigenvalue weighted by molar-refractivity contribution is 5.96. The first-order valence-electron chi connectivity index (χ1n) is 12.3. The summed E-state index contributed by atoms with van der Waals surface area (Å²) in [6.07, 6.45) is 8.21. The van der Waals surface area contributed by atoms with Crippen molar-refractivity contribution < 1.29 is 23.9 Å². The Hall–Kier alpha value is -1.65. The molecule has 0 N–H and O–H groups in total. The van der Waals surface area contributed by atoms with Gasteiger partial charge in [0.05, 0.1) is 13.0 Å². The van der Waals surface area contributed by atoms with E-state index in [4.69, 9.17) is 9.47 Å². The van der Waals surface area contributed by atoms with Crippen LogP contribution in [-0.4, -0.2) is 30.4 Å². The summed E-state index contributed by atoms with van der Waals surface area (Å²) in [5.41, 5.74) is 0.878. The number of ketones is 1. The van der Waals surface area contributed by atoms with Gasteiger partial charge in [-0.05, 0) is 79.6 Å². The summed E-state index contributed by atoms with van der Waals surface area (Å²) in [5.74, 6) is 2.70. The third kappa shape index (κ3) is 1.95. The predicted molar refractivity (Wildman–Crippen MR) is 110 cm³/mol. The molecule has 1 saturated heterocycles. The monoisotopic (exact) mass is 424 g/mol. The second kappa shape index (κ2) is 5.46. The van der Waals surface area contributed by atoms with Crippen LogP contribution >= 0.6 is 0 Å². The number of carbonyl (C=O) groups excluding carboxylic acids is 3. The van der Waals surface area contributed by atoms with Crippen LogP contribution in [0.3, 0.4) is 0 Å². The maximum atomic E-state index is 13.1. The van der Waals surface area contributed by atoms with E-state index in [2.05, 4.69) is 13.8 Å². The summed E-state index contributed by atoms with van der Waals surface area (Å²) >= 11 is 0. The van der Waals surface area contributed by atoms with E-state index >= 15 is 0 Å². The van der Waals surface area contributed by atoms with Gasteiger partial charge in [0, 0.05) is 23.7 Å². The van der Waals surface area contributed by atoms with Crippen LogP contribution in [0.1, 0.15) is 58.8 Å². The van der Waals surface area contributed by atoms with Crippen LogP contribution in [0.5, 0.6) is 0 Å². The number of hydrogen-bond donors (Lipinski definition) is 0. The van der Waals surface area contributed by atoms with Crippen molar-refractivity contribution in [3.05, 3.63) is 11.6 Å². The van der Waals surface area contributed by atoms with Crippen molar-refractivity contribution in [2.45, 2.75) is 64.4 Å². The van der Waals surface area contributed by atoms with Gasteiger partial charge in [0.15, 0.2) is 5.78 Å². The van der Waals surface area contributed by atoms with Gasteiger partial charge in [-0.2, -0.15) is 0 Å². The molecule has 7 aliphatic rings. The lowest BCUT2D eigenvalue weighted by Crippen LogP contribution is -2.60. The zero-order chi connectivity index (χ0) is 21.5. The van der Waals surface area contributed by atoms with Gasteiger partial charge in [0.2, 0.25) is 0 Å². The fourth-order valence-electron chi connectivity index (χ4n) is 10.2. The number of carbonyl (C=O) groups is 3. The molecule has 6 aliphatic carbocycles. The van der Waals surface area contributed by atoms with Gasteiger partial charge in [-0.1, -0.05) is 19.4 Å². The normalized spacial score (nSPS) is 57.7. The fraction of sp³-hybridized carbons (Fsp3) is 0.808. The highest BCUT2D eigenvalue weighted by atomic mass is 16.6. The van der Waals surface area contributed by atoms with E-state index in [-0.39, 0.29) is 51.9 Å². The molecule has 0 aromatic carbocycles. The molecular formula is C26H32O5. The molecule has 166 valence electrons. The Labute approximate surface area is 183 Å². The lowest BCUT2D eigenvalue weighted by molar-refractivity contribution is -0.186. The highest BCUT2D eigenvalue weighted by Crippen LogP contribution is 2.81. The van der Waals surface area contributed by atoms with E-state index in [9.17, 15) is 14.4 Å². The van der Waals surface area contributed by atoms with E-state index in [0.717, 1.165) is 32.1 Å². The number of ether oxygens (including phenoxy) is 2. The first-order valence-corrected chi connectivity index (χ1v) is 12.3. The highest BCUT2D eigenvalue weighted by Gasteiger charge is 2.80. The lowest BCUT2D eigenvalue weighted by Gasteiger charge is -2.61. The maximum absolute atomic E-state index is 13.1. The Morgan fingerprint density at radius 2 is 1.94 bits per heavy atom. The average Bonchev–Trinajstić information content (AvgIpc) is 3.65. The van der Waals surface area contributed by atoms with Crippen LogP contribution < -0.4 is 0 Å². The van der Waals surface area contributed by atoms with Crippen LogP contribution in [0.2, 0.25) is 0 Å². The quantitative estimate of drug-likeness (QED) is 0.600. The van der Waals surface area contributed by atoms with Gasteiger partial charge in [-0.3, -0.25) is 14.4 Å². The van der Waals surface area contributed by atoms with Gasteiger partial charge < -0.3 is 9.47 Å². The number of rotatable bonds is 1. The predicted octanol–water partition coefficient (Wildman–Crippen LogP) is 3.71. The number of hydrogen-bond acceptors (Lipinski definition) is 5. The lowest BCUT2D eigenvalue weighted by atomic mass is 9.43. The van der Waals surface area contributed by atoms with Crippen LogP contribution in [0.4, 0.5) is 0 Å². The summed E-state index contributed by atoms with van der Waals surface area (Å²) < 4.78 is 11.5. The summed E-state index contributed by atoms with van der Waals surface area (Å²) in [4.78, 5) is 38.0. The van der Waals surface area contributed by atoms with Crippen molar-refractivity contribution in [2.75, 3.05) is 7.11 Å². The van der Waals surface area contributed by atoms with Gasteiger partial charge in [-0.25, -0.2) is 0 Å². The summed E-state index contributed by atoms with van der Waals surface area (Å²) in [6.45, 7) is 4.76. The van der Waals surface area contributed by atoms with Crippen molar-refractivity contribution >= 4 is 17.7 Å². The van der Waals surface area contributed by atoms with Crippen molar-refractivity contribution in [2.24, 2.45) is 58.2 Å². The molecule has 5 nitrogen and oxygen atoms in total. The maximum Gasteiger partial charge on any atom is 0.309 e. The largest absolute Gasteiger partial charge is 0.469 e. The molecule has 1 spiro atoms. The van der Waals surface area contributed by atoms with Crippen molar-refractivity contribution in [1.82, 2.24) is 0 Å². The molecule has 5 heteroatoms. The molecule has 0 amide bonds. The van der Waals surface area contributed by atoms with Gasteiger partial charge in [0.25, 0.3) is 0 Å². The second-order valence-electron chi connectivity index (χ2n) is 12.2. The van der Waals surface area contributed by atoms with E-state index < -0.39 is 0 Å². The van der Waals surface area contributed by atoms with E-state index in [1.165, 1.54) is 12.7 Å². The molecule has 11 atom stereocenters. The molecule has 1 aliphatic heterocycles. The van der Waals surface area contributed by atoms with Crippen molar-refractivity contribution in [3.63, 3.8) is 0 Å². The number of fused-ring (bicyclic) bond motifs is 11. The zero-order valence-electron chi connectivity index (χ0n) is 18.7. The fourth-order valence-corrected chi connectivity index (χ4v) is 10.2. The number of methoxy groups -OCH3 is 1. The molecule has 0 aromatic heterocycles. The first kappa shape index (κ1) is 18.9. The average molecular weight is 425 g/mol. The molecule has 0 bridgehead atoms. The Balaban J connectivity index is 1.36. The van der Waals surface area contributed by atoms with Crippen LogP contribution in [0.15, 0.2) is 11.6 Å². The zero-order valence-corrected chi connectivity index (χ0v) is 18.7. The molecule has 5 saturated carbocycles. The van der Waals surface area contributed by atoms with Crippen molar-refractivity contribution in [3.8, 4) is 0 Å². The minimum absolute atomic E-state index is 0.0294. The van der Waals surface area contributed by atoms with Gasteiger partial charge in [0.1, 0.15) is 5.60 Å². The second-order valence-corrected chi connectivity index (χ2v) is 12.2.